The first-order valence-electron chi connectivity index (χ1n) is 20.4. The number of para-hydroxylation sites is 1. The number of urea groups is 1. The number of amides is 4. The summed E-state index contributed by atoms with van der Waals surface area (Å²) < 4.78 is 53.4. The lowest BCUT2D eigenvalue weighted by molar-refractivity contribution is -0.155. The number of ether oxygens (including phenoxy) is 2. The lowest BCUT2D eigenvalue weighted by Crippen LogP contribution is -2.61. The molecule has 0 aliphatic carbocycles. The van der Waals surface area contributed by atoms with Gasteiger partial charge in [0.1, 0.15) is 6.04 Å². The minimum absolute atomic E-state index is 0.0138. The number of hydrogen-bond donors (Lipinski definition) is 2. The van der Waals surface area contributed by atoms with Crippen LogP contribution in [0.5, 0.6) is 0 Å². The van der Waals surface area contributed by atoms with Gasteiger partial charge in [-0.15, -0.1) is 0 Å². The summed E-state index contributed by atoms with van der Waals surface area (Å²) in [5, 5.41) is 2.66. The number of piperazine rings is 1. The Hall–Kier alpha value is -4.32. The molecule has 0 radical (unpaired) electrons. The van der Waals surface area contributed by atoms with E-state index in [4.69, 9.17) is 26.8 Å². The Morgan fingerprint density at radius 1 is 0.966 bits per heavy atom. The summed E-state index contributed by atoms with van der Waals surface area (Å²) in [7, 11) is 5.89. The van der Waals surface area contributed by atoms with Crippen LogP contribution in [0, 0.1) is 0 Å². The number of hydrogen-bond acceptors (Lipinski definition) is 10. The lowest BCUT2D eigenvalue weighted by Gasteiger charge is -2.46. The second-order valence-electron chi connectivity index (χ2n) is 16.3. The Labute approximate surface area is 348 Å². The highest BCUT2D eigenvalue weighted by atomic mass is 35.5. The van der Waals surface area contributed by atoms with Crippen molar-refractivity contribution in [3.05, 3.63) is 58.1 Å². The van der Waals surface area contributed by atoms with Crippen LogP contribution in [0.2, 0.25) is 5.02 Å². The Balaban J connectivity index is 1.11. The molecule has 0 bridgehead atoms. The SMILES string of the molecule is CN(C)CCCOC(=O)[C@@H]1CN(C)CCN1C1CCN(C(=O)[C@@H](Cc2cc(Cl)c(N)c(C(F)(F)F)c2)OC(=O)N2CCC(N3CCc4ccccc4NC3=O)CC2)CC1. The van der Waals surface area contributed by atoms with Gasteiger partial charge in [0, 0.05) is 83.1 Å². The first kappa shape index (κ1) is 44.2. The van der Waals surface area contributed by atoms with E-state index in [0.717, 1.165) is 36.8 Å². The van der Waals surface area contributed by atoms with Gasteiger partial charge in [0.15, 0.2) is 6.10 Å². The number of benzene rings is 2. The number of nitrogens with two attached hydrogens (primary N) is 1. The number of nitrogens with zero attached hydrogens (tertiary/aromatic N) is 6. The van der Waals surface area contributed by atoms with E-state index < -0.39 is 41.6 Å². The molecule has 4 heterocycles. The number of fused-ring (bicyclic) bond motifs is 1. The smallest absolute Gasteiger partial charge is 0.418 e. The molecule has 59 heavy (non-hydrogen) atoms. The van der Waals surface area contributed by atoms with Crippen molar-refractivity contribution in [3.8, 4) is 0 Å². The van der Waals surface area contributed by atoms with Gasteiger partial charge in [-0.2, -0.15) is 13.2 Å². The fourth-order valence-corrected chi connectivity index (χ4v) is 8.81. The average molecular weight is 849 g/mol. The van der Waals surface area contributed by atoms with Crippen molar-refractivity contribution in [2.75, 3.05) is 97.7 Å². The van der Waals surface area contributed by atoms with Crippen molar-refractivity contribution in [3.63, 3.8) is 0 Å². The number of likely N-dealkylation sites (tertiary alicyclic amines) is 2. The summed E-state index contributed by atoms with van der Waals surface area (Å²) in [5.41, 5.74) is 5.78. The second kappa shape index (κ2) is 19.4. The van der Waals surface area contributed by atoms with Gasteiger partial charge >= 0.3 is 24.3 Å². The van der Waals surface area contributed by atoms with Gasteiger partial charge in [0.05, 0.1) is 22.9 Å². The third kappa shape index (κ3) is 11.1. The van der Waals surface area contributed by atoms with Gasteiger partial charge in [0.25, 0.3) is 5.91 Å². The van der Waals surface area contributed by atoms with Gasteiger partial charge in [-0.05, 0) is 89.0 Å². The normalized spacial score (nSPS) is 20.8. The van der Waals surface area contributed by atoms with E-state index in [-0.39, 0.29) is 67.3 Å². The molecule has 0 aromatic heterocycles. The first-order valence-corrected chi connectivity index (χ1v) is 20.8. The van der Waals surface area contributed by atoms with E-state index in [0.29, 0.717) is 58.3 Å². The largest absolute Gasteiger partial charge is 0.464 e. The van der Waals surface area contributed by atoms with Crippen LogP contribution < -0.4 is 11.1 Å². The molecule has 0 unspecified atom stereocenters. The fourth-order valence-electron chi connectivity index (χ4n) is 8.57. The molecule has 4 aliphatic heterocycles. The van der Waals surface area contributed by atoms with Crippen molar-refractivity contribution < 1.29 is 41.8 Å². The van der Waals surface area contributed by atoms with Gasteiger partial charge in [-0.1, -0.05) is 29.8 Å². The summed E-state index contributed by atoms with van der Waals surface area (Å²) in [6, 6.07) is 8.95. The Morgan fingerprint density at radius 2 is 1.64 bits per heavy atom. The van der Waals surface area contributed by atoms with Crippen LogP contribution in [0.1, 0.15) is 48.8 Å². The summed E-state index contributed by atoms with van der Waals surface area (Å²) in [6.07, 6.45) is -3.97. The fraction of sp³-hybridized carbons (Fsp3) is 0.610. The number of halogens is 4. The highest BCUT2D eigenvalue weighted by molar-refractivity contribution is 6.33. The number of piperidine rings is 2. The van der Waals surface area contributed by atoms with E-state index in [1.54, 1.807) is 9.80 Å². The van der Waals surface area contributed by atoms with Crippen LogP contribution in [0.15, 0.2) is 36.4 Å². The topological polar surface area (TPSA) is 144 Å². The summed E-state index contributed by atoms with van der Waals surface area (Å²) >= 11 is 6.16. The quantitative estimate of drug-likeness (QED) is 0.187. The van der Waals surface area contributed by atoms with E-state index in [1.165, 1.54) is 11.0 Å². The molecular weight excluding hydrogens is 793 g/mol. The maximum Gasteiger partial charge on any atom is 0.418 e. The number of likely N-dealkylation sites (N-methyl/N-ethyl adjacent to an activating group) is 1. The van der Waals surface area contributed by atoms with Crippen LogP contribution in [-0.2, 0) is 38.1 Å². The molecule has 6 rings (SSSR count). The molecule has 3 fully saturated rings. The zero-order chi connectivity index (χ0) is 42.4. The van der Waals surface area contributed by atoms with E-state index in [2.05, 4.69) is 15.1 Å². The van der Waals surface area contributed by atoms with Gasteiger partial charge < -0.3 is 45.0 Å². The molecule has 3 saturated heterocycles. The molecule has 14 nitrogen and oxygen atoms in total. The highest BCUT2D eigenvalue weighted by Gasteiger charge is 2.41. The standard InChI is InChI=1S/C41H56ClF3N8O6/c1-48(2)14-6-22-58-38(55)34-26-49(3)20-21-52(34)29-10-15-50(16-11-29)37(54)35(25-27-23-31(41(43,44)45)36(46)32(42)24-27)59-40(57)51-17-12-30(13-18-51)53-19-9-28-7-4-5-8-33(28)47-39(53)56/h4-5,7-8,23-24,29-30,34-35H,6,9-22,25-26,46H2,1-3H3,(H,47,56)/t34-,35+/m0/s1. The Morgan fingerprint density at radius 3 is 2.34 bits per heavy atom. The molecule has 4 aliphatic rings. The predicted octanol–water partition coefficient (Wildman–Crippen LogP) is 4.65. The van der Waals surface area contributed by atoms with E-state index in [9.17, 15) is 32.3 Å². The van der Waals surface area contributed by atoms with Crippen molar-refractivity contribution >= 4 is 47.0 Å². The number of nitrogen functional groups attached to an aromatic ring is 1. The number of carbonyl (C=O) groups excluding carboxylic acids is 4. The maximum atomic E-state index is 14.3. The van der Waals surface area contributed by atoms with Crippen LogP contribution in [0.4, 0.5) is 34.1 Å². The van der Waals surface area contributed by atoms with Gasteiger partial charge in [-0.25, -0.2) is 9.59 Å². The second-order valence-corrected chi connectivity index (χ2v) is 16.7. The van der Waals surface area contributed by atoms with Crippen LogP contribution in [-0.4, -0.2) is 164 Å². The van der Waals surface area contributed by atoms with Gasteiger partial charge in [0.2, 0.25) is 0 Å². The van der Waals surface area contributed by atoms with E-state index >= 15 is 0 Å². The zero-order valence-corrected chi connectivity index (χ0v) is 34.8. The monoisotopic (exact) mass is 848 g/mol. The molecule has 324 valence electrons. The highest BCUT2D eigenvalue weighted by Crippen LogP contribution is 2.38. The number of rotatable bonds is 11. The number of anilines is 2. The summed E-state index contributed by atoms with van der Waals surface area (Å²) in [4.78, 5) is 65.6. The van der Waals surface area contributed by atoms with Crippen molar-refractivity contribution in [2.24, 2.45) is 0 Å². The van der Waals surface area contributed by atoms with Crippen LogP contribution >= 0.6 is 11.6 Å². The van der Waals surface area contributed by atoms with Crippen molar-refractivity contribution in [1.29, 1.82) is 0 Å². The van der Waals surface area contributed by atoms with Gasteiger partial charge in [-0.3, -0.25) is 14.5 Å². The minimum Gasteiger partial charge on any atom is -0.464 e. The molecule has 2 aromatic rings. The summed E-state index contributed by atoms with van der Waals surface area (Å²) in [6.45, 7) is 4.66. The molecule has 2 aromatic carbocycles. The number of carbonyl (C=O) groups is 4. The Kier molecular flexibility index (Phi) is 14.5. The Bertz CT molecular complexity index is 1820. The van der Waals surface area contributed by atoms with Crippen LogP contribution in [0.3, 0.4) is 0 Å². The summed E-state index contributed by atoms with van der Waals surface area (Å²) in [5.74, 6) is -0.810. The first-order chi connectivity index (χ1) is 28.1. The molecule has 0 spiro atoms. The number of alkyl halides is 3. The minimum atomic E-state index is -4.81. The molecule has 2 atom stereocenters. The molecular formula is C41H56ClF3N8O6. The molecule has 4 amide bonds. The van der Waals surface area contributed by atoms with Crippen molar-refractivity contribution in [2.45, 2.75) is 75.4 Å². The number of nitrogens with one attached hydrogen (secondary N) is 1. The van der Waals surface area contributed by atoms with E-state index in [1.807, 2.05) is 50.3 Å². The molecule has 0 saturated carbocycles. The van der Waals surface area contributed by atoms with Crippen molar-refractivity contribution in [1.82, 2.24) is 29.4 Å². The number of esters is 1. The third-order valence-corrected chi connectivity index (χ3v) is 12.2. The lowest BCUT2D eigenvalue weighted by atomic mass is 9.97. The van der Waals surface area contributed by atoms with Crippen LogP contribution in [0.25, 0.3) is 0 Å². The predicted molar refractivity (Wildman–Crippen MR) is 217 cm³/mol. The molecule has 18 heteroatoms. The zero-order valence-electron chi connectivity index (χ0n) is 34.0. The average Bonchev–Trinajstić information content (AvgIpc) is 3.37. The molecule has 3 N–H and O–H groups in total. The third-order valence-electron chi connectivity index (χ3n) is 11.9. The maximum absolute atomic E-state index is 14.3.